The summed E-state index contributed by atoms with van der Waals surface area (Å²) < 4.78 is 17.0. The van der Waals surface area contributed by atoms with Gasteiger partial charge in [0.15, 0.2) is 16.9 Å². The van der Waals surface area contributed by atoms with Gasteiger partial charge in [-0.3, -0.25) is 9.59 Å². The SMILES string of the molecule is C=CCOc1ccc(C2c3c(oc4ccc(C)cc4c3=O)C(=O)N2CC=C)cc1OC. The van der Waals surface area contributed by atoms with Crippen molar-refractivity contribution in [1.29, 1.82) is 0 Å². The van der Waals surface area contributed by atoms with Crippen LogP contribution in [0.5, 0.6) is 11.5 Å². The largest absolute Gasteiger partial charge is 0.493 e. The summed E-state index contributed by atoms with van der Waals surface area (Å²) in [6.07, 6.45) is 3.27. The summed E-state index contributed by atoms with van der Waals surface area (Å²) in [6, 6.07) is 10.1. The first-order valence-corrected chi connectivity index (χ1v) is 9.91. The molecule has 6 heteroatoms. The van der Waals surface area contributed by atoms with Gasteiger partial charge in [-0.25, -0.2) is 0 Å². The smallest absolute Gasteiger partial charge is 0.291 e. The van der Waals surface area contributed by atoms with E-state index < -0.39 is 6.04 Å². The van der Waals surface area contributed by atoms with E-state index in [1.807, 2.05) is 19.1 Å². The molecule has 0 N–H and O–H groups in total. The molecule has 0 spiro atoms. The Morgan fingerprint density at radius 3 is 2.61 bits per heavy atom. The fraction of sp³-hybridized carbons (Fsp3) is 0.200. The quantitative estimate of drug-likeness (QED) is 0.533. The lowest BCUT2D eigenvalue weighted by atomic mass is 9.97. The Labute approximate surface area is 180 Å². The van der Waals surface area contributed by atoms with Crippen molar-refractivity contribution in [3.05, 3.63) is 94.4 Å². The third kappa shape index (κ3) is 3.40. The Bertz CT molecular complexity index is 1260. The molecule has 4 rings (SSSR count). The Morgan fingerprint density at radius 1 is 1.10 bits per heavy atom. The predicted molar refractivity (Wildman–Crippen MR) is 119 cm³/mol. The van der Waals surface area contributed by atoms with Crippen LogP contribution in [0.3, 0.4) is 0 Å². The molecule has 31 heavy (non-hydrogen) atoms. The van der Waals surface area contributed by atoms with Crippen LogP contribution in [0, 0.1) is 6.92 Å². The summed E-state index contributed by atoms with van der Waals surface area (Å²) in [5, 5.41) is 0.454. The molecule has 2 aromatic carbocycles. The number of hydrogen-bond acceptors (Lipinski definition) is 5. The van der Waals surface area contributed by atoms with Crippen LogP contribution >= 0.6 is 0 Å². The van der Waals surface area contributed by atoms with Crippen LogP contribution in [0.15, 0.2) is 70.9 Å². The average Bonchev–Trinajstić information content (AvgIpc) is 3.05. The Kier molecular flexibility index (Phi) is 5.38. The van der Waals surface area contributed by atoms with Crippen molar-refractivity contribution in [3.8, 4) is 11.5 Å². The van der Waals surface area contributed by atoms with Gasteiger partial charge in [-0.05, 0) is 36.8 Å². The molecule has 1 atom stereocenters. The molecule has 1 aromatic heterocycles. The number of carbonyl (C=O) groups is 1. The molecule has 3 aromatic rings. The third-order valence-electron chi connectivity index (χ3n) is 5.31. The number of aryl methyl sites for hydroxylation is 1. The van der Waals surface area contributed by atoms with E-state index in [0.717, 1.165) is 11.1 Å². The highest BCUT2D eigenvalue weighted by Crippen LogP contribution is 2.40. The molecule has 1 aliphatic rings. The van der Waals surface area contributed by atoms with Gasteiger partial charge in [-0.1, -0.05) is 36.4 Å². The van der Waals surface area contributed by atoms with Crippen LogP contribution in [0.4, 0.5) is 0 Å². The van der Waals surface area contributed by atoms with Crippen molar-refractivity contribution in [3.63, 3.8) is 0 Å². The van der Waals surface area contributed by atoms with Gasteiger partial charge in [0.2, 0.25) is 5.76 Å². The van der Waals surface area contributed by atoms with Crippen molar-refractivity contribution in [2.45, 2.75) is 13.0 Å². The maximum absolute atomic E-state index is 13.5. The molecule has 0 fully saturated rings. The number of fused-ring (bicyclic) bond motifs is 2. The first-order valence-electron chi connectivity index (χ1n) is 9.91. The summed E-state index contributed by atoms with van der Waals surface area (Å²) in [5.41, 5.74) is 2.17. The van der Waals surface area contributed by atoms with Gasteiger partial charge >= 0.3 is 0 Å². The third-order valence-corrected chi connectivity index (χ3v) is 5.31. The molecular formula is C25H23NO5. The predicted octanol–water partition coefficient (Wildman–Crippen LogP) is 4.41. The van der Waals surface area contributed by atoms with Gasteiger partial charge in [-0.15, -0.1) is 6.58 Å². The number of benzene rings is 2. The van der Waals surface area contributed by atoms with Gasteiger partial charge in [0, 0.05) is 6.54 Å². The van der Waals surface area contributed by atoms with Crippen LogP contribution in [-0.2, 0) is 0 Å². The first-order chi connectivity index (χ1) is 15.0. The zero-order chi connectivity index (χ0) is 22.1. The van der Waals surface area contributed by atoms with Gasteiger partial charge in [0.05, 0.1) is 24.1 Å². The van der Waals surface area contributed by atoms with Crippen LogP contribution in [0.1, 0.15) is 33.3 Å². The topological polar surface area (TPSA) is 69.0 Å². The highest BCUT2D eigenvalue weighted by atomic mass is 16.5. The Hall–Kier alpha value is -3.80. The molecule has 1 aliphatic heterocycles. The maximum Gasteiger partial charge on any atom is 0.291 e. The van der Waals surface area contributed by atoms with E-state index in [4.69, 9.17) is 13.9 Å². The van der Waals surface area contributed by atoms with E-state index in [2.05, 4.69) is 13.2 Å². The molecule has 0 saturated carbocycles. The standard InChI is InChI=1S/C25H23NO5/c1-5-11-26-22(16-8-10-19(30-12-6-2)20(14-16)29-4)21-23(27)17-13-15(3)7-9-18(17)31-24(21)25(26)28/h5-10,13-14,22H,1-2,11-12H2,3-4H3. The minimum absolute atomic E-state index is 0.0687. The van der Waals surface area contributed by atoms with Gasteiger partial charge in [0.1, 0.15) is 12.2 Å². The maximum atomic E-state index is 13.5. The van der Waals surface area contributed by atoms with Crippen LogP contribution < -0.4 is 14.9 Å². The van der Waals surface area contributed by atoms with Gasteiger partial charge in [0.25, 0.3) is 5.91 Å². The summed E-state index contributed by atoms with van der Waals surface area (Å²) in [4.78, 5) is 28.2. The second-order valence-electron chi connectivity index (χ2n) is 7.33. The molecule has 158 valence electrons. The minimum Gasteiger partial charge on any atom is -0.493 e. The van der Waals surface area contributed by atoms with Crippen LogP contribution in [0.2, 0.25) is 0 Å². The summed E-state index contributed by atoms with van der Waals surface area (Å²) >= 11 is 0. The van der Waals surface area contributed by atoms with Crippen LogP contribution in [-0.4, -0.2) is 31.1 Å². The monoisotopic (exact) mass is 417 g/mol. The van der Waals surface area contributed by atoms with E-state index in [-0.39, 0.29) is 23.6 Å². The number of nitrogens with zero attached hydrogens (tertiary/aromatic N) is 1. The second kappa shape index (κ2) is 8.14. The lowest BCUT2D eigenvalue weighted by Gasteiger charge is -2.24. The number of amides is 1. The lowest BCUT2D eigenvalue weighted by Crippen LogP contribution is -2.29. The molecule has 0 radical (unpaired) electrons. The van der Waals surface area contributed by atoms with Crippen molar-refractivity contribution >= 4 is 16.9 Å². The Balaban J connectivity index is 1.93. The molecule has 0 aliphatic carbocycles. The molecular weight excluding hydrogens is 394 g/mol. The van der Waals surface area contributed by atoms with Crippen molar-refractivity contribution < 1.29 is 18.7 Å². The van der Waals surface area contributed by atoms with Crippen molar-refractivity contribution in [1.82, 2.24) is 4.90 Å². The highest BCUT2D eigenvalue weighted by molar-refractivity contribution is 5.99. The molecule has 0 saturated heterocycles. The zero-order valence-electron chi connectivity index (χ0n) is 17.5. The lowest BCUT2D eigenvalue weighted by molar-refractivity contribution is 0.0748. The zero-order valence-corrected chi connectivity index (χ0v) is 17.5. The molecule has 1 unspecified atom stereocenters. The number of hydrogen-bond donors (Lipinski definition) is 0. The summed E-state index contributed by atoms with van der Waals surface area (Å²) in [5.74, 6) is 0.775. The van der Waals surface area contributed by atoms with E-state index in [1.165, 1.54) is 0 Å². The second-order valence-corrected chi connectivity index (χ2v) is 7.33. The molecule has 2 heterocycles. The molecule has 1 amide bonds. The van der Waals surface area contributed by atoms with Crippen molar-refractivity contribution in [2.75, 3.05) is 20.3 Å². The fourth-order valence-electron chi connectivity index (χ4n) is 3.93. The normalized spacial score (nSPS) is 15.1. The Morgan fingerprint density at radius 2 is 1.90 bits per heavy atom. The van der Waals surface area contributed by atoms with Gasteiger partial charge < -0.3 is 18.8 Å². The number of methoxy groups -OCH3 is 1. The van der Waals surface area contributed by atoms with E-state index in [1.54, 1.807) is 48.4 Å². The molecule has 0 bridgehead atoms. The number of rotatable bonds is 7. The van der Waals surface area contributed by atoms with Crippen LogP contribution in [0.25, 0.3) is 11.0 Å². The van der Waals surface area contributed by atoms with E-state index in [0.29, 0.717) is 34.6 Å². The number of ether oxygens (including phenoxy) is 2. The van der Waals surface area contributed by atoms with E-state index >= 15 is 0 Å². The average molecular weight is 417 g/mol. The number of carbonyl (C=O) groups excluding carboxylic acids is 1. The van der Waals surface area contributed by atoms with Gasteiger partial charge in [-0.2, -0.15) is 0 Å². The highest BCUT2D eigenvalue weighted by Gasteiger charge is 2.42. The first kappa shape index (κ1) is 20.5. The van der Waals surface area contributed by atoms with E-state index in [9.17, 15) is 9.59 Å². The summed E-state index contributed by atoms with van der Waals surface area (Å²) in [6.45, 7) is 9.92. The molecule has 6 nitrogen and oxygen atoms in total. The minimum atomic E-state index is -0.621. The summed E-state index contributed by atoms with van der Waals surface area (Å²) in [7, 11) is 1.54. The fourth-order valence-corrected chi connectivity index (χ4v) is 3.93. The van der Waals surface area contributed by atoms with Crippen molar-refractivity contribution in [2.24, 2.45) is 0 Å².